The molecule has 0 saturated carbocycles. The zero-order chi connectivity index (χ0) is 40.3. The predicted molar refractivity (Wildman–Crippen MR) is 233 cm³/mol. The van der Waals surface area contributed by atoms with Gasteiger partial charge in [0, 0.05) is 19.3 Å². The number of esters is 3. The molecule has 0 radical (unpaired) electrons. The number of ether oxygens (including phenoxy) is 3. The van der Waals surface area contributed by atoms with Crippen LogP contribution in [-0.4, -0.2) is 37.2 Å². The molecule has 0 unspecified atom stereocenters. The van der Waals surface area contributed by atoms with E-state index >= 15 is 0 Å². The fourth-order valence-corrected chi connectivity index (χ4v) is 7.33. The van der Waals surface area contributed by atoms with E-state index in [0.29, 0.717) is 19.3 Å². The highest BCUT2D eigenvalue weighted by atomic mass is 16.6. The third-order valence-corrected chi connectivity index (χ3v) is 11.0. The maximum absolute atomic E-state index is 12.7. The van der Waals surface area contributed by atoms with Crippen molar-refractivity contribution in [1.82, 2.24) is 0 Å². The Labute approximate surface area is 342 Å². The van der Waals surface area contributed by atoms with Gasteiger partial charge in [-0.05, 0) is 25.2 Å². The molecule has 0 aliphatic carbocycles. The van der Waals surface area contributed by atoms with Crippen molar-refractivity contribution in [1.29, 1.82) is 0 Å². The van der Waals surface area contributed by atoms with Crippen molar-refractivity contribution in [2.75, 3.05) is 13.2 Å². The largest absolute Gasteiger partial charge is 0.462 e. The van der Waals surface area contributed by atoms with Gasteiger partial charge in [-0.2, -0.15) is 0 Å². The second kappa shape index (κ2) is 43.5. The number of unbranched alkanes of at least 4 members (excludes halogenated alkanes) is 31. The summed E-state index contributed by atoms with van der Waals surface area (Å²) in [6, 6.07) is 0. The molecule has 0 bridgehead atoms. The Bertz CT molecular complexity index is 826. The van der Waals surface area contributed by atoms with Gasteiger partial charge >= 0.3 is 17.9 Å². The van der Waals surface area contributed by atoms with Crippen molar-refractivity contribution in [3.8, 4) is 0 Å². The number of carbonyl (C=O) groups excluding carboxylic acids is 3. The number of hydrogen-bond acceptors (Lipinski definition) is 6. The molecule has 0 aromatic rings. The molecule has 0 aromatic heterocycles. The minimum absolute atomic E-state index is 0.0640. The van der Waals surface area contributed by atoms with Crippen LogP contribution in [0.5, 0.6) is 0 Å². The van der Waals surface area contributed by atoms with E-state index in [1.54, 1.807) is 0 Å². The Morgan fingerprint density at radius 1 is 0.345 bits per heavy atom. The molecule has 0 amide bonds. The van der Waals surface area contributed by atoms with Gasteiger partial charge < -0.3 is 14.2 Å². The van der Waals surface area contributed by atoms with Crippen LogP contribution in [0, 0.1) is 5.92 Å². The summed E-state index contributed by atoms with van der Waals surface area (Å²) < 4.78 is 16.7. The maximum Gasteiger partial charge on any atom is 0.306 e. The van der Waals surface area contributed by atoms with Gasteiger partial charge in [-0.3, -0.25) is 14.4 Å². The molecular weight excluding hydrogens is 685 g/mol. The molecule has 6 heteroatoms. The third kappa shape index (κ3) is 43.4. The molecule has 0 N–H and O–H groups in total. The fourth-order valence-electron chi connectivity index (χ4n) is 7.33. The Kier molecular flexibility index (Phi) is 42.3. The number of rotatable bonds is 44. The van der Waals surface area contributed by atoms with Crippen LogP contribution in [0.25, 0.3) is 0 Å². The summed E-state index contributed by atoms with van der Waals surface area (Å²) in [6.07, 6.45) is 43.8. The third-order valence-electron chi connectivity index (χ3n) is 11.0. The molecule has 0 rings (SSSR count). The molecule has 0 fully saturated rings. The summed E-state index contributed by atoms with van der Waals surface area (Å²) in [5.74, 6) is -0.0761. The minimum atomic E-state index is -0.760. The second-order valence-corrected chi connectivity index (χ2v) is 17.2. The Balaban J connectivity index is 4.24. The van der Waals surface area contributed by atoms with Crippen LogP contribution in [0.15, 0.2) is 0 Å². The summed E-state index contributed by atoms with van der Waals surface area (Å²) in [5, 5.41) is 0. The first kappa shape index (κ1) is 53.4. The van der Waals surface area contributed by atoms with Crippen LogP contribution in [0.1, 0.15) is 272 Å². The van der Waals surface area contributed by atoms with Crippen molar-refractivity contribution >= 4 is 17.9 Å². The normalized spacial score (nSPS) is 11.9. The highest BCUT2D eigenvalue weighted by molar-refractivity contribution is 5.71. The zero-order valence-corrected chi connectivity index (χ0v) is 37.4. The summed E-state index contributed by atoms with van der Waals surface area (Å²) in [6.45, 7) is 8.95. The molecule has 1 atom stereocenters. The van der Waals surface area contributed by atoms with Crippen LogP contribution < -0.4 is 0 Å². The topological polar surface area (TPSA) is 78.9 Å². The van der Waals surface area contributed by atoms with Crippen molar-refractivity contribution in [3.63, 3.8) is 0 Å². The van der Waals surface area contributed by atoms with Crippen molar-refractivity contribution < 1.29 is 28.6 Å². The summed E-state index contributed by atoms with van der Waals surface area (Å²) in [7, 11) is 0. The van der Waals surface area contributed by atoms with Gasteiger partial charge in [-0.15, -0.1) is 0 Å². The van der Waals surface area contributed by atoms with Gasteiger partial charge in [0.1, 0.15) is 13.2 Å². The van der Waals surface area contributed by atoms with Crippen LogP contribution >= 0.6 is 0 Å². The summed E-state index contributed by atoms with van der Waals surface area (Å²) in [4.78, 5) is 37.7. The molecule has 0 aliphatic rings. The molecule has 0 saturated heterocycles. The van der Waals surface area contributed by atoms with Gasteiger partial charge in [0.15, 0.2) is 6.10 Å². The molecule has 55 heavy (non-hydrogen) atoms. The van der Waals surface area contributed by atoms with Crippen molar-refractivity contribution in [3.05, 3.63) is 0 Å². The first-order chi connectivity index (χ1) is 26.9. The average Bonchev–Trinajstić information content (AvgIpc) is 3.17. The van der Waals surface area contributed by atoms with Crippen LogP contribution in [0.3, 0.4) is 0 Å². The van der Waals surface area contributed by atoms with Gasteiger partial charge in [0.25, 0.3) is 0 Å². The van der Waals surface area contributed by atoms with E-state index in [1.807, 2.05) is 0 Å². The van der Waals surface area contributed by atoms with Gasteiger partial charge in [0.05, 0.1) is 0 Å². The van der Waals surface area contributed by atoms with Crippen molar-refractivity contribution in [2.24, 2.45) is 5.92 Å². The summed E-state index contributed by atoms with van der Waals surface area (Å²) in [5.41, 5.74) is 0. The highest BCUT2D eigenvalue weighted by Crippen LogP contribution is 2.16. The standard InChI is InChI=1S/C49H94O6/c1-5-7-9-11-13-15-17-18-19-20-21-22-23-25-29-33-37-41-48(51)54-44-46(55-49(52)42-38-34-30-26-27-31-35-39-45(3)4)43-53-47(50)40-36-32-28-24-16-14-12-10-8-6-2/h45-46H,5-44H2,1-4H3/t46-/m1/s1. The fraction of sp³-hybridized carbons (Fsp3) is 0.939. The average molecular weight is 779 g/mol. The zero-order valence-electron chi connectivity index (χ0n) is 37.4. The van der Waals surface area contributed by atoms with E-state index < -0.39 is 6.10 Å². The van der Waals surface area contributed by atoms with E-state index in [9.17, 15) is 14.4 Å². The molecular formula is C49H94O6. The molecule has 0 aliphatic heterocycles. The van der Waals surface area contributed by atoms with Crippen LogP contribution in [0.4, 0.5) is 0 Å². The van der Waals surface area contributed by atoms with E-state index in [0.717, 1.165) is 63.7 Å². The molecule has 326 valence electrons. The lowest BCUT2D eigenvalue weighted by Crippen LogP contribution is -2.30. The lowest BCUT2D eigenvalue weighted by atomic mass is 10.0. The van der Waals surface area contributed by atoms with Crippen LogP contribution in [0.2, 0.25) is 0 Å². The van der Waals surface area contributed by atoms with Gasteiger partial charge in [0.2, 0.25) is 0 Å². The Hall–Kier alpha value is -1.59. The monoisotopic (exact) mass is 779 g/mol. The number of hydrogen-bond donors (Lipinski definition) is 0. The first-order valence-electron chi connectivity index (χ1n) is 24.4. The van der Waals surface area contributed by atoms with Crippen molar-refractivity contribution in [2.45, 2.75) is 278 Å². The number of carbonyl (C=O) groups is 3. The first-order valence-corrected chi connectivity index (χ1v) is 24.4. The lowest BCUT2D eigenvalue weighted by molar-refractivity contribution is -0.167. The van der Waals surface area contributed by atoms with E-state index in [1.165, 1.54) is 167 Å². The van der Waals surface area contributed by atoms with E-state index in [4.69, 9.17) is 14.2 Å². The second-order valence-electron chi connectivity index (χ2n) is 17.2. The van der Waals surface area contributed by atoms with Gasteiger partial charge in [-0.25, -0.2) is 0 Å². The SMILES string of the molecule is CCCCCCCCCCCCCCCCCCCC(=O)OC[C@@H](COC(=O)CCCCCCCCCCCC)OC(=O)CCCCCCCCCC(C)C. The summed E-state index contributed by atoms with van der Waals surface area (Å²) >= 11 is 0. The van der Waals surface area contributed by atoms with Gasteiger partial charge in [-0.1, -0.05) is 233 Å². The molecule has 0 spiro atoms. The van der Waals surface area contributed by atoms with Crippen LogP contribution in [-0.2, 0) is 28.6 Å². The van der Waals surface area contributed by atoms with E-state index in [2.05, 4.69) is 27.7 Å². The lowest BCUT2D eigenvalue weighted by Gasteiger charge is -2.18. The highest BCUT2D eigenvalue weighted by Gasteiger charge is 2.19. The Morgan fingerprint density at radius 2 is 0.600 bits per heavy atom. The van der Waals surface area contributed by atoms with E-state index in [-0.39, 0.29) is 31.1 Å². The molecule has 0 aromatic carbocycles. The smallest absolute Gasteiger partial charge is 0.306 e. The minimum Gasteiger partial charge on any atom is -0.462 e. The quantitative estimate of drug-likeness (QED) is 0.0348. The predicted octanol–water partition coefficient (Wildman–Crippen LogP) is 15.5. The maximum atomic E-state index is 12.7. The molecule has 6 nitrogen and oxygen atoms in total. The Morgan fingerprint density at radius 3 is 0.891 bits per heavy atom. The molecule has 0 heterocycles.